The average Bonchev–Trinajstić information content (AvgIpc) is 2.66. The number of aromatic nitrogens is 2. The topological polar surface area (TPSA) is 25.8 Å². The number of nitrogens with zero attached hydrogens (tertiary/aromatic N) is 2. The summed E-state index contributed by atoms with van der Waals surface area (Å²) in [6.07, 6.45) is 3.47. The van der Waals surface area contributed by atoms with Gasteiger partial charge in [0.2, 0.25) is 0 Å². The molecule has 17 heavy (non-hydrogen) atoms. The van der Waals surface area contributed by atoms with Crippen LogP contribution < -0.4 is 0 Å². The molecule has 0 fully saturated rings. The van der Waals surface area contributed by atoms with Gasteiger partial charge in [-0.05, 0) is 30.7 Å². The van der Waals surface area contributed by atoms with Gasteiger partial charge in [0, 0.05) is 4.88 Å². The molecule has 90 valence electrons. The molecule has 1 aliphatic rings. The number of thiophene rings is 1. The van der Waals surface area contributed by atoms with E-state index in [1.165, 1.54) is 16.9 Å². The molecule has 0 radical (unpaired) electrons. The molecular formula is C12H12Cl2N2S. The highest BCUT2D eigenvalue weighted by atomic mass is 35.5. The molecule has 3 rings (SSSR count). The molecule has 1 atom stereocenters. The van der Waals surface area contributed by atoms with Crippen LogP contribution in [0.25, 0.3) is 10.2 Å². The van der Waals surface area contributed by atoms with E-state index in [4.69, 9.17) is 23.2 Å². The van der Waals surface area contributed by atoms with Gasteiger partial charge in [0.25, 0.3) is 0 Å². The van der Waals surface area contributed by atoms with E-state index in [0.29, 0.717) is 16.9 Å². The van der Waals surface area contributed by atoms with E-state index in [-0.39, 0.29) is 0 Å². The number of hydrogen-bond donors (Lipinski definition) is 0. The number of halogens is 2. The minimum Gasteiger partial charge on any atom is -0.221 e. The fourth-order valence-electron chi connectivity index (χ4n) is 2.40. The van der Waals surface area contributed by atoms with Crippen molar-refractivity contribution in [1.82, 2.24) is 9.97 Å². The second kappa shape index (κ2) is 4.38. The van der Waals surface area contributed by atoms with Gasteiger partial charge in [0.15, 0.2) is 0 Å². The minimum absolute atomic E-state index is 0.314. The molecule has 0 N–H and O–H groups in total. The van der Waals surface area contributed by atoms with Crippen LogP contribution in [0, 0.1) is 5.92 Å². The third kappa shape index (κ3) is 1.94. The highest BCUT2D eigenvalue weighted by Crippen LogP contribution is 2.39. The maximum absolute atomic E-state index is 6.25. The lowest BCUT2D eigenvalue weighted by Gasteiger charge is -2.17. The molecule has 2 aromatic rings. The average molecular weight is 287 g/mol. The minimum atomic E-state index is 0.314. The van der Waals surface area contributed by atoms with E-state index in [1.54, 1.807) is 11.3 Å². The Morgan fingerprint density at radius 2 is 2.24 bits per heavy atom. The van der Waals surface area contributed by atoms with Gasteiger partial charge in [-0.25, -0.2) is 9.97 Å². The Labute approximate surface area is 114 Å². The van der Waals surface area contributed by atoms with E-state index < -0.39 is 0 Å². The summed E-state index contributed by atoms with van der Waals surface area (Å²) in [5.41, 5.74) is 1.37. The maximum Gasteiger partial charge on any atom is 0.146 e. The summed E-state index contributed by atoms with van der Waals surface area (Å²) in [5, 5.41) is 1.63. The summed E-state index contributed by atoms with van der Waals surface area (Å²) < 4.78 is 0. The molecule has 0 spiro atoms. The molecular weight excluding hydrogens is 275 g/mol. The summed E-state index contributed by atoms with van der Waals surface area (Å²) in [7, 11) is 0. The number of aryl methyl sites for hydroxylation is 1. The van der Waals surface area contributed by atoms with Gasteiger partial charge in [-0.2, -0.15) is 0 Å². The van der Waals surface area contributed by atoms with Crippen LogP contribution in [0.2, 0.25) is 5.15 Å². The van der Waals surface area contributed by atoms with Crippen molar-refractivity contribution in [3.63, 3.8) is 0 Å². The molecule has 0 amide bonds. The van der Waals surface area contributed by atoms with Crippen LogP contribution in [0.15, 0.2) is 0 Å². The van der Waals surface area contributed by atoms with Crippen LogP contribution in [-0.2, 0) is 18.7 Å². The van der Waals surface area contributed by atoms with Crippen molar-refractivity contribution in [2.45, 2.75) is 32.1 Å². The van der Waals surface area contributed by atoms with E-state index in [0.717, 1.165) is 29.0 Å². The normalized spacial score (nSPS) is 19.6. The third-order valence-electron chi connectivity index (χ3n) is 3.28. The summed E-state index contributed by atoms with van der Waals surface area (Å²) in [5.74, 6) is 1.69. The molecule has 0 aliphatic heterocycles. The lowest BCUT2D eigenvalue weighted by atomic mass is 9.89. The van der Waals surface area contributed by atoms with E-state index >= 15 is 0 Å². The van der Waals surface area contributed by atoms with Gasteiger partial charge in [0.05, 0.1) is 11.3 Å². The Hall–Kier alpha value is -0.380. The predicted octanol–water partition coefficient (Wildman–Crippen LogP) is 4.21. The SMILES string of the molecule is CC1CCc2c(sc3nc(CCl)nc(Cl)c23)C1. The molecule has 0 bridgehead atoms. The highest BCUT2D eigenvalue weighted by Gasteiger charge is 2.23. The van der Waals surface area contributed by atoms with Crippen molar-refractivity contribution in [3.05, 3.63) is 21.4 Å². The second-order valence-corrected chi connectivity index (χ2v) is 6.31. The first-order chi connectivity index (χ1) is 8.19. The Bertz CT molecular complexity index is 579. The zero-order valence-electron chi connectivity index (χ0n) is 9.46. The van der Waals surface area contributed by atoms with Crippen LogP contribution in [0.4, 0.5) is 0 Å². The first-order valence-corrected chi connectivity index (χ1v) is 7.44. The number of alkyl halides is 1. The molecule has 0 saturated carbocycles. The molecule has 0 aromatic carbocycles. The molecule has 0 saturated heterocycles. The smallest absolute Gasteiger partial charge is 0.146 e. The van der Waals surface area contributed by atoms with Gasteiger partial charge >= 0.3 is 0 Å². The molecule has 5 heteroatoms. The number of hydrogen-bond acceptors (Lipinski definition) is 3. The van der Waals surface area contributed by atoms with Crippen molar-refractivity contribution < 1.29 is 0 Å². The number of rotatable bonds is 1. The van der Waals surface area contributed by atoms with Gasteiger partial charge in [0.1, 0.15) is 15.8 Å². The van der Waals surface area contributed by atoms with E-state index in [2.05, 4.69) is 16.9 Å². The van der Waals surface area contributed by atoms with Crippen LogP contribution >= 0.6 is 34.5 Å². The number of fused-ring (bicyclic) bond motifs is 3. The third-order valence-corrected chi connectivity index (χ3v) is 4.94. The zero-order valence-corrected chi connectivity index (χ0v) is 11.8. The van der Waals surface area contributed by atoms with Crippen molar-refractivity contribution in [1.29, 1.82) is 0 Å². The maximum atomic E-state index is 6.25. The van der Waals surface area contributed by atoms with Crippen LogP contribution in [0.5, 0.6) is 0 Å². The fraction of sp³-hybridized carbons (Fsp3) is 0.500. The molecule has 1 unspecified atom stereocenters. The van der Waals surface area contributed by atoms with Crippen molar-refractivity contribution in [2.24, 2.45) is 5.92 Å². The van der Waals surface area contributed by atoms with Gasteiger partial charge in [-0.3, -0.25) is 0 Å². The molecule has 2 nitrogen and oxygen atoms in total. The van der Waals surface area contributed by atoms with E-state index in [9.17, 15) is 0 Å². The Morgan fingerprint density at radius 1 is 1.41 bits per heavy atom. The Kier molecular flexibility index (Phi) is 3.01. The summed E-state index contributed by atoms with van der Waals surface area (Å²) in [6, 6.07) is 0. The Balaban J connectivity index is 2.24. The lowest BCUT2D eigenvalue weighted by Crippen LogP contribution is -2.08. The first-order valence-electron chi connectivity index (χ1n) is 5.71. The molecule has 2 heterocycles. The summed E-state index contributed by atoms with van der Waals surface area (Å²) in [4.78, 5) is 11.2. The van der Waals surface area contributed by atoms with Crippen molar-refractivity contribution in [2.75, 3.05) is 0 Å². The lowest BCUT2D eigenvalue weighted by molar-refractivity contribution is 0.509. The fourth-order valence-corrected chi connectivity index (χ4v) is 4.28. The highest BCUT2D eigenvalue weighted by molar-refractivity contribution is 7.19. The van der Waals surface area contributed by atoms with Gasteiger partial charge in [-0.15, -0.1) is 22.9 Å². The predicted molar refractivity (Wildman–Crippen MR) is 73.2 cm³/mol. The molecule has 1 aliphatic carbocycles. The van der Waals surface area contributed by atoms with Crippen molar-refractivity contribution >= 4 is 44.8 Å². The quantitative estimate of drug-likeness (QED) is 0.580. The van der Waals surface area contributed by atoms with E-state index in [1.807, 2.05) is 0 Å². The largest absolute Gasteiger partial charge is 0.221 e. The zero-order chi connectivity index (χ0) is 12.0. The van der Waals surface area contributed by atoms with Crippen LogP contribution in [0.3, 0.4) is 0 Å². The summed E-state index contributed by atoms with van der Waals surface area (Å²) in [6.45, 7) is 2.30. The van der Waals surface area contributed by atoms with Gasteiger partial charge in [-0.1, -0.05) is 18.5 Å². The van der Waals surface area contributed by atoms with Crippen molar-refractivity contribution in [3.8, 4) is 0 Å². The van der Waals surface area contributed by atoms with Crippen LogP contribution in [0.1, 0.15) is 29.6 Å². The molecule has 2 aromatic heterocycles. The summed E-state index contributed by atoms with van der Waals surface area (Å²) >= 11 is 13.8. The first kappa shape index (κ1) is 11.7. The standard InChI is InChI=1S/C12H12Cl2N2S/c1-6-2-3-7-8(4-6)17-12-10(7)11(14)15-9(5-13)16-12/h6H,2-5H2,1H3. The monoisotopic (exact) mass is 286 g/mol. The van der Waals surface area contributed by atoms with Crippen LogP contribution in [-0.4, -0.2) is 9.97 Å². The van der Waals surface area contributed by atoms with Gasteiger partial charge < -0.3 is 0 Å². The second-order valence-electron chi connectivity index (χ2n) is 4.60. The Morgan fingerprint density at radius 3 is 3.00 bits per heavy atom.